The first kappa shape index (κ1) is 29.8. The van der Waals surface area contributed by atoms with Gasteiger partial charge in [0.2, 0.25) is 0 Å². The summed E-state index contributed by atoms with van der Waals surface area (Å²) in [6.45, 7) is 42.6. The predicted molar refractivity (Wildman–Crippen MR) is 159 cm³/mol. The summed E-state index contributed by atoms with van der Waals surface area (Å²) >= 11 is -2.30. The van der Waals surface area contributed by atoms with E-state index in [4.69, 9.17) is 3.12 Å². The molecular formula is C25H58NOSbSi4. The van der Waals surface area contributed by atoms with Crippen LogP contribution in [0.5, 0.6) is 0 Å². The molecule has 0 aromatic heterocycles. The summed E-state index contributed by atoms with van der Waals surface area (Å²) in [7, 11) is -5.84. The van der Waals surface area contributed by atoms with Gasteiger partial charge >= 0.3 is 216 Å². The molecule has 190 valence electrons. The molecule has 2 heterocycles. The van der Waals surface area contributed by atoms with Crippen LogP contribution < -0.4 is 0 Å². The van der Waals surface area contributed by atoms with Crippen LogP contribution in [-0.4, -0.2) is 69.1 Å². The molecule has 2 fully saturated rings. The van der Waals surface area contributed by atoms with E-state index in [0.29, 0.717) is 5.22 Å². The van der Waals surface area contributed by atoms with Crippen LogP contribution in [0.2, 0.25) is 83.8 Å². The van der Waals surface area contributed by atoms with Gasteiger partial charge in [-0.3, -0.25) is 0 Å². The van der Waals surface area contributed by atoms with Crippen molar-refractivity contribution in [3.63, 3.8) is 0 Å². The summed E-state index contributed by atoms with van der Waals surface area (Å²) in [5, 5.41) is 2.64. The zero-order valence-corrected chi connectivity index (χ0v) is 31.4. The molecule has 0 N–H and O–H groups in total. The van der Waals surface area contributed by atoms with Gasteiger partial charge in [0.1, 0.15) is 0 Å². The molecule has 2 aliphatic heterocycles. The zero-order valence-electron chi connectivity index (χ0n) is 24.8. The Morgan fingerprint density at radius 1 is 0.531 bits per heavy atom. The third kappa shape index (κ3) is 4.56. The number of rotatable bonds is 6. The van der Waals surface area contributed by atoms with Crippen molar-refractivity contribution in [2.75, 3.05) is 0 Å². The topological polar surface area (TPSA) is 12.5 Å². The molecule has 0 unspecified atom stereocenters. The molecule has 2 aliphatic rings. The zero-order chi connectivity index (χ0) is 25.4. The Morgan fingerprint density at radius 3 is 1.06 bits per heavy atom. The summed E-state index contributed by atoms with van der Waals surface area (Å²) in [5.41, 5.74) is 0.285. The Kier molecular flexibility index (Phi) is 8.00. The van der Waals surface area contributed by atoms with E-state index in [2.05, 4.69) is 111 Å². The molecule has 0 saturated carbocycles. The van der Waals surface area contributed by atoms with Crippen molar-refractivity contribution in [1.82, 2.24) is 5.06 Å². The Hall–Kier alpha value is 1.61. The maximum absolute atomic E-state index is 7.98. The van der Waals surface area contributed by atoms with Crippen LogP contribution in [0.15, 0.2) is 0 Å². The summed E-state index contributed by atoms with van der Waals surface area (Å²) in [6, 6.07) is 0. The number of hydroxylamine groups is 2. The molecule has 0 radical (unpaired) electrons. The maximum atomic E-state index is 7.98. The minimum absolute atomic E-state index is 0.143. The van der Waals surface area contributed by atoms with Crippen molar-refractivity contribution < 1.29 is 3.12 Å². The summed E-state index contributed by atoms with van der Waals surface area (Å²) in [5.74, 6) is 0. The fourth-order valence-electron chi connectivity index (χ4n) is 8.28. The third-order valence-electron chi connectivity index (χ3n) is 9.34. The molecule has 0 amide bonds. The molecule has 0 aliphatic carbocycles. The van der Waals surface area contributed by atoms with Crippen molar-refractivity contribution >= 4 is 52.9 Å². The van der Waals surface area contributed by atoms with Crippen molar-refractivity contribution in [1.29, 1.82) is 0 Å². The monoisotopic (exact) mass is 621 g/mol. The standard InChI is InChI=1S/C16H40Si4.C9H18NO.Sb/c1-17(2,3)15(18(4,5)6)13-14-16(19(7,8)9)20(10,11)12;1-8(2)6-5-7-9(3,4)10(8)11;/h13-14H2,1-12H3;5-7H2,1-4H3;/q;-1;+1. The number of piperidine rings is 1. The van der Waals surface area contributed by atoms with Gasteiger partial charge in [-0.1, -0.05) is 0 Å². The van der Waals surface area contributed by atoms with Crippen molar-refractivity contribution in [3.05, 3.63) is 0 Å². The molecule has 7 heteroatoms. The van der Waals surface area contributed by atoms with Crippen LogP contribution >= 0.6 is 0 Å². The fraction of sp³-hybridized carbons (Fsp3) is 1.00. The van der Waals surface area contributed by atoms with Gasteiger partial charge in [-0.2, -0.15) is 0 Å². The van der Waals surface area contributed by atoms with Crippen molar-refractivity contribution in [2.24, 2.45) is 0 Å². The van der Waals surface area contributed by atoms with Gasteiger partial charge < -0.3 is 0 Å². The molecular weight excluding hydrogens is 564 g/mol. The Labute approximate surface area is 214 Å². The van der Waals surface area contributed by atoms with Crippen LogP contribution in [0.25, 0.3) is 0 Å². The third-order valence-corrected chi connectivity index (χ3v) is 63.9. The van der Waals surface area contributed by atoms with E-state index in [1.165, 1.54) is 32.1 Å². The number of hydrogen-bond donors (Lipinski definition) is 0. The average molecular weight is 623 g/mol. The van der Waals surface area contributed by atoms with E-state index >= 15 is 0 Å². The first-order valence-electron chi connectivity index (χ1n) is 13.2. The number of nitrogens with zero attached hydrogens (tertiary/aromatic N) is 1. The average Bonchev–Trinajstić information content (AvgIpc) is 2.86. The first-order chi connectivity index (χ1) is 13.9. The normalized spacial score (nSPS) is 27.0. The van der Waals surface area contributed by atoms with E-state index in [-0.39, 0.29) is 11.1 Å². The van der Waals surface area contributed by atoms with Crippen LogP contribution in [0, 0.1) is 0 Å². The molecule has 32 heavy (non-hydrogen) atoms. The summed E-state index contributed by atoms with van der Waals surface area (Å²) in [6.07, 6.45) is 6.85. The van der Waals surface area contributed by atoms with Crippen molar-refractivity contribution in [2.45, 2.75) is 155 Å². The molecule has 2 saturated heterocycles. The first-order valence-corrected chi connectivity index (χ1v) is 30.8. The molecule has 2 nitrogen and oxygen atoms in total. The molecule has 0 bridgehead atoms. The van der Waals surface area contributed by atoms with Crippen LogP contribution in [0.4, 0.5) is 0 Å². The van der Waals surface area contributed by atoms with E-state index in [0.717, 1.165) is 0 Å². The van der Waals surface area contributed by atoms with Gasteiger partial charge in [0.15, 0.2) is 0 Å². The minimum atomic E-state index is -2.30. The SMILES string of the molecule is CC1(C)CCCC(C)(C)N1[O][Sb]1[C]([Si](C)(C)C)([Si](C)(C)C)CC[C]1([Si](C)(C)C)[Si](C)(C)C. The summed E-state index contributed by atoms with van der Waals surface area (Å²) < 4.78 is 9.16. The van der Waals surface area contributed by atoms with E-state index in [1.54, 1.807) is 0 Å². The molecule has 0 aromatic carbocycles. The Bertz CT molecular complexity index is 611. The van der Waals surface area contributed by atoms with Gasteiger partial charge in [0.25, 0.3) is 0 Å². The molecule has 0 aromatic rings. The fourth-order valence-corrected chi connectivity index (χ4v) is 68.5. The van der Waals surface area contributed by atoms with Gasteiger partial charge in [-0.25, -0.2) is 0 Å². The second-order valence-corrected chi connectivity index (χ2v) is 50.3. The Morgan fingerprint density at radius 2 is 0.812 bits per heavy atom. The second kappa shape index (κ2) is 8.58. The predicted octanol–water partition coefficient (Wildman–Crippen LogP) is 8.74. The van der Waals surface area contributed by atoms with Crippen LogP contribution in [-0.2, 0) is 3.12 Å². The quantitative estimate of drug-likeness (QED) is 0.275. The van der Waals surface area contributed by atoms with Gasteiger partial charge in [0.05, 0.1) is 0 Å². The van der Waals surface area contributed by atoms with Crippen molar-refractivity contribution in [3.8, 4) is 0 Å². The van der Waals surface area contributed by atoms with Gasteiger partial charge in [-0.05, 0) is 0 Å². The number of hydrogen-bond acceptors (Lipinski definition) is 2. The second-order valence-electron chi connectivity index (χ2n) is 16.4. The molecule has 0 atom stereocenters. The van der Waals surface area contributed by atoms with E-state index < -0.39 is 52.9 Å². The molecule has 0 spiro atoms. The van der Waals surface area contributed by atoms with E-state index in [1.807, 2.05) is 0 Å². The van der Waals surface area contributed by atoms with E-state index in [9.17, 15) is 0 Å². The van der Waals surface area contributed by atoms with Gasteiger partial charge in [0, 0.05) is 0 Å². The molecule has 2 rings (SSSR count). The van der Waals surface area contributed by atoms with Crippen LogP contribution in [0.1, 0.15) is 59.8 Å². The van der Waals surface area contributed by atoms with Crippen LogP contribution in [0.3, 0.4) is 0 Å². The summed E-state index contributed by atoms with van der Waals surface area (Å²) in [4.78, 5) is 0. The van der Waals surface area contributed by atoms with Gasteiger partial charge in [-0.15, -0.1) is 0 Å². The Balaban J connectivity index is 2.88.